The number of benzene rings is 1. The van der Waals surface area contributed by atoms with Gasteiger partial charge in [-0.2, -0.15) is 0 Å². The highest BCUT2D eigenvalue weighted by atomic mass is 32.1. The zero-order valence-corrected chi connectivity index (χ0v) is 9.91. The molecule has 1 saturated carbocycles. The number of thiazole rings is 1. The van der Waals surface area contributed by atoms with E-state index < -0.39 is 5.97 Å². The molecule has 1 aromatic heterocycles. The summed E-state index contributed by atoms with van der Waals surface area (Å²) < 4.78 is 0. The van der Waals surface area contributed by atoms with E-state index >= 15 is 0 Å². The topological polar surface area (TPSA) is 50.2 Å². The van der Waals surface area contributed by atoms with Crippen molar-refractivity contribution in [3.05, 3.63) is 40.9 Å². The van der Waals surface area contributed by atoms with Gasteiger partial charge < -0.3 is 5.11 Å². The Hall–Kier alpha value is -1.68. The maximum Gasteiger partial charge on any atom is 0.335 e. The summed E-state index contributed by atoms with van der Waals surface area (Å²) in [6.07, 6.45) is 2.50. The van der Waals surface area contributed by atoms with E-state index in [0.29, 0.717) is 11.5 Å². The van der Waals surface area contributed by atoms with Gasteiger partial charge in [-0.3, -0.25) is 0 Å². The van der Waals surface area contributed by atoms with E-state index in [1.54, 1.807) is 23.5 Å². The third kappa shape index (κ3) is 2.08. The number of hydrogen-bond acceptors (Lipinski definition) is 3. The molecule has 2 aromatic rings. The number of carboxylic acids is 1. The predicted octanol–water partition coefficient (Wildman–Crippen LogP) is 3.39. The van der Waals surface area contributed by atoms with Crippen LogP contribution < -0.4 is 0 Å². The molecule has 1 N–H and O–H groups in total. The lowest BCUT2D eigenvalue weighted by Crippen LogP contribution is -1.94. The molecule has 4 heteroatoms. The molecule has 1 aliphatic carbocycles. The molecule has 0 bridgehead atoms. The van der Waals surface area contributed by atoms with Crippen LogP contribution in [0.2, 0.25) is 0 Å². The van der Waals surface area contributed by atoms with E-state index in [0.717, 1.165) is 10.6 Å². The minimum Gasteiger partial charge on any atom is -0.478 e. The van der Waals surface area contributed by atoms with E-state index in [1.165, 1.54) is 18.5 Å². The maximum absolute atomic E-state index is 10.7. The van der Waals surface area contributed by atoms with Gasteiger partial charge in [0.2, 0.25) is 0 Å². The van der Waals surface area contributed by atoms with Gasteiger partial charge in [-0.05, 0) is 25.0 Å². The molecule has 0 amide bonds. The summed E-state index contributed by atoms with van der Waals surface area (Å²) >= 11 is 1.63. The highest BCUT2D eigenvalue weighted by Gasteiger charge is 2.26. The fraction of sp³-hybridized carbons (Fsp3) is 0.231. The minimum atomic E-state index is -0.894. The number of carbonyl (C=O) groups is 1. The van der Waals surface area contributed by atoms with Gasteiger partial charge in [0.15, 0.2) is 0 Å². The van der Waals surface area contributed by atoms with E-state index in [4.69, 9.17) is 5.11 Å². The van der Waals surface area contributed by atoms with Crippen LogP contribution in [-0.2, 0) is 0 Å². The molecule has 0 saturated heterocycles. The van der Waals surface area contributed by atoms with Crippen molar-refractivity contribution >= 4 is 17.3 Å². The van der Waals surface area contributed by atoms with Crippen molar-refractivity contribution in [2.75, 3.05) is 0 Å². The summed E-state index contributed by atoms with van der Waals surface area (Å²) in [5.41, 5.74) is 2.49. The molecule has 3 nitrogen and oxygen atoms in total. The average molecular weight is 245 g/mol. The molecule has 1 aliphatic rings. The molecule has 0 spiro atoms. The molecule has 0 atom stereocenters. The molecular weight excluding hydrogens is 234 g/mol. The third-order valence-corrected chi connectivity index (χ3v) is 3.81. The molecule has 1 heterocycles. The second-order valence-corrected chi connectivity index (χ2v) is 5.09. The average Bonchev–Trinajstić information content (AvgIpc) is 3.07. The van der Waals surface area contributed by atoms with Crippen molar-refractivity contribution in [3.8, 4) is 10.6 Å². The van der Waals surface area contributed by atoms with Gasteiger partial charge >= 0.3 is 5.97 Å². The molecule has 17 heavy (non-hydrogen) atoms. The summed E-state index contributed by atoms with van der Waals surface area (Å²) in [7, 11) is 0. The van der Waals surface area contributed by atoms with Crippen molar-refractivity contribution in [1.29, 1.82) is 0 Å². The molecule has 86 valence electrons. The first-order chi connectivity index (χ1) is 8.24. The monoisotopic (exact) mass is 245 g/mol. The van der Waals surface area contributed by atoms with Crippen molar-refractivity contribution in [3.63, 3.8) is 0 Å². The van der Waals surface area contributed by atoms with Gasteiger partial charge in [-0.15, -0.1) is 11.3 Å². The Labute approximate surface area is 103 Å². The van der Waals surface area contributed by atoms with Crippen LogP contribution in [0.4, 0.5) is 0 Å². The Bertz CT molecular complexity index is 555. The Morgan fingerprint density at radius 1 is 1.29 bits per heavy atom. The largest absolute Gasteiger partial charge is 0.478 e. The molecule has 3 rings (SSSR count). The first-order valence-electron chi connectivity index (χ1n) is 5.53. The van der Waals surface area contributed by atoms with Crippen LogP contribution in [-0.4, -0.2) is 16.1 Å². The van der Waals surface area contributed by atoms with Gasteiger partial charge in [0.1, 0.15) is 5.01 Å². The van der Waals surface area contributed by atoms with E-state index in [1.807, 2.05) is 12.1 Å². The zero-order valence-electron chi connectivity index (χ0n) is 9.09. The molecule has 0 radical (unpaired) electrons. The SMILES string of the molecule is O=C(O)c1ccc(-c2nc(C3CC3)cs2)cc1. The maximum atomic E-state index is 10.7. The molecule has 0 unspecified atom stereocenters. The normalized spacial score (nSPS) is 14.8. The second-order valence-electron chi connectivity index (χ2n) is 4.23. The first-order valence-corrected chi connectivity index (χ1v) is 6.41. The van der Waals surface area contributed by atoms with Gasteiger partial charge in [0.25, 0.3) is 0 Å². The summed E-state index contributed by atoms with van der Waals surface area (Å²) in [5.74, 6) is -0.229. The van der Waals surface area contributed by atoms with Gasteiger partial charge in [-0.25, -0.2) is 9.78 Å². The highest BCUT2D eigenvalue weighted by molar-refractivity contribution is 7.13. The van der Waals surface area contributed by atoms with Crippen LogP contribution in [0.3, 0.4) is 0 Å². The minimum absolute atomic E-state index is 0.313. The number of aromatic carboxylic acids is 1. The molecule has 0 aliphatic heterocycles. The van der Waals surface area contributed by atoms with Crippen molar-refractivity contribution in [2.45, 2.75) is 18.8 Å². The molecule has 1 fully saturated rings. The number of hydrogen-bond donors (Lipinski definition) is 1. The number of rotatable bonds is 3. The molecular formula is C13H11NO2S. The second kappa shape index (κ2) is 3.96. The predicted molar refractivity (Wildman–Crippen MR) is 66.5 cm³/mol. The lowest BCUT2D eigenvalue weighted by Gasteiger charge is -1.97. The van der Waals surface area contributed by atoms with E-state index in [-0.39, 0.29) is 0 Å². The summed E-state index contributed by atoms with van der Waals surface area (Å²) in [4.78, 5) is 15.3. The number of aromatic nitrogens is 1. The fourth-order valence-corrected chi connectivity index (χ4v) is 2.65. The van der Waals surface area contributed by atoms with Crippen LogP contribution in [0, 0.1) is 0 Å². The highest BCUT2D eigenvalue weighted by Crippen LogP contribution is 2.41. The summed E-state index contributed by atoms with van der Waals surface area (Å²) in [6, 6.07) is 6.88. The Morgan fingerprint density at radius 2 is 2.00 bits per heavy atom. The fourth-order valence-electron chi connectivity index (χ4n) is 1.74. The smallest absolute Gasteiger partial charge is 0.335 e. The standard InChI is InChI=1S/C13H11NO2S/c15-13(16)10-5-3-9(4-6-10)12-14-11(7-17-12)8-1-2-8/h3-8H,1-2H2,(H,15,16). The van der Waals surface area contributed by atoms with Gasteiger partial charge in [0, 0.05) is 16.9 Å². The Morgan fingerprint density at radius 3 is 2.59 bits per heavy atom. The summed E-state index contributed by atoms with van der Waals surface area (Å²) in [6.45, 7) is 0. The van der Waals surface area contributed by atoms with Crippen molar-refractivity contribution in [2.24, 2.45) is 0 Å². The molecule has 1 aromatic carbocycles. The Balaban J connectivity index is 1.89. The lowest BCUT2D eigenvalue weighted by atomic mass is 10.1. The van der Waals surface area contributed by atoms with Crippen molar-refractivity contribution in [1.82, 2.24) is 4.98 Å². The Kier molecular flexibility index (Phi) is 2.44. The van der Waals surface area contributed by atoms with Crippen LogP contribution in [0.5, 0.6) is 0 Å². The van der Waals surface area contributed by atoms with Crippen LogP contribution >= 0.6 is 11.3 Å². The number of nitrogens with zero attached hydrogens (tertiary/aromatic N) is 1. The van der Waals surface area contributed by atoms with Crippen LogP contribution in [0.25, 0.3) is 10.6 Å². The summed E-state index contributed by atoms with van der Waals surface area (Å²) in [5, 5.41) is 11.9. The van der Waals surface area contributed by atoms with Crippen LogP contribution in [0.1, 0.15) is 34.8 Å². The van der Waals surface area contributed by atoms with E-state index in [2.05, 4.69) is 10.4 Å². The third-order valence-electron chi connectivity index (χ3n) is 2.90. The first kappa shape index (κ1) is 10.5. The zero-order chi connectivity index (χ0) is 11.8. The van der Waals surface area contributed by atoms with E-state index in [9.17, 15) is 4.79 Å². The van der Waals surface area contributed by atoms with Gasteiger partial charge in [0.05, 0.1) is 11.3 Å². The lowest BCUT2D eigenvalue weighted by molar-refractivity contribution is 0.0697. The van der Waals surface area contributed by atoms with Gasteiger partial charge in [-0.1, -0.05) is 12.1 Å². The quantitative estimate of drug-likeness (QED) is 0.901. The van der Waals surface area contributed by atoms with Crippen molar-refractivity contribution < 1.29 is 9.90 Å². The number of carboxylic acid groups (broad SMARTS) is 1. The van der Waals surface area contributed by atoms with Crippen LogP contribution in [0.15, 0.2) is 29.6 Å².